The van der Waals surface area contributed by atoms with E-state index in [1.165, 1.54) is 23.9 Å². The zero-order chi connectivity index (χ0) is 20.1. The van der Waals surface area contributed by atoms with Gasteiger partial charge in [0, 0.05) is 17.9 Å². The molecule has 6 nitrogen and oxygen atoms in total. The van der Waals surface area contributed by atoms with Crippen LogP contribution in [-0.4, -0.2) is 39.1 Å². The predicted molar refractivity (Wildman–Crippen MR) is 110 cm³/mol. The Kier molecular flexibility index (Phi) is 6.21. The highest BCUT2D eigenvalue weighted by atomic mass is 32.2. The molecule has 0 spiro atoms. The van der Waals surface area contributed by atoms with E-state index in [1.807, 2.05) is 34.9 Å². The summed E-state index contributed by atoms with van der Waals surface area (Å²) < 4.78 is 21.0. The maximum absolute atomic E-state index is 13.3. The molecule has 8 heteroatoms. The maximum Gasteiger partial charge on any atom is 0.234 e. The zero-order valence-electron chi connectivity index (χ0n) is 15.8. The van der Waals surface area contributed by atoms with Gasteiger partial charge in [0.05, 0.1) is 18.4 Å². The molecule has 150 valence electrons. The van der Waals surface area contributed by atoms with Crippen LogP contribution in [0.3, 0.4) is 0 Å². The number of nitrogens with zero attached hydrogens (tertiary/aromatic N) is 3. The Hall–Kier alpha value is -2.71. The largest absolute Gasteiger partial charge is 0.376 e. The second kappa shape index (κ2) is 9.19. The summed E-state index contributed by atoms with van der Waals surface area (Å²) >= 11 is 1.32. The third kappa shape index (κ3) is 5.02. The molecule has 4 rings (SSSR count). The average molecular weight is 412 g/mol. The number of rotatable bonds is 7. The number of carbonyl (C=O) groups excluding carboxylic acids is 1. The molecular weight excluding hydrogens is 391 g/mol. The van der Waals surface area contributed by atoms with Crippen LogP contribution in [0.2, 0.25) is 0 Å². The van der Waals surface area contributed by atoms with E-state index in [2.05, 4.69) is 15.5 Å². The summed E-state index contributed by atoms with van der Waals surface area (Å²) in [4.78, 5) is 12.3. The molecule has 0 aliphatic carbocycles. The smallest absolute Gasteiger partial charge is 0.234 e. The third-order valence-corrected chi connectivity index (χ3v) is 5.59. The van der Waals surface area contributed by atoms with E-state index in [0.29, 0.717) is 17.5 Å². The number of hydrogen-bond acceptors (Lipinski definition) is 5. The molecule has 1 atom stereocenters. The van der Waals surface area contributed by atoms with Gasteiger partial charge < -0.3 is 10.1 Å². The summed E-state index contributed by atoms with van der Waals surface area (Å²) in [5.74, 6) is 0.441. The molecule has 1 fully saturated rings. The molecule has 1 amide bonds. The van der Waals surface area contributed by atoms with Gasteiger partial charge in [0.15, 0.2) is 11.0 Å². The molecule has 1 aliphatic heterocycles. The maximum atomic E-state index is 13.3. The van der Waals surface area contributed by atoms with Crippen LogP contribution in [0, 0.1) is 5.82 Å². The molecule has 0 unspecified atom stereocenters. The van der Waals surface area contributed by atoms with Crippen molar-refractivity contribution in [1.82, 2.24) is 14.8 Å². The van der Waals surface area contributed by atoms with Gasteiger partial charge in [-0.15, -0.1) is 10.2 Å². The van der Waals surface area contributed by atoms with Crippen LogP contribution in [0.15, 0.2) is 59.8 Å². The van der Waals surface area contributed by atoms with Crippen molar-refractivity contribution in [2.45, 2.75) is 30.6 Å². The van der Waals surface area contributed by atoms with Gasteiger partial charge in [-0.25, -0.2) is 4.39 Å². The first-order valence-corrected chi connectivity index (χ1v) is 10.5. The second-order valence-electron chi connectivity index (χ2n) is 6.76. The van der Waals surface area contributed by atoms with Gasteiger partial charge in [-0.1, -0.05) is 30.0 Å². The first kappa shape index (κ1) is 19.6. The number of amides is 1. The monoisotopic (exact) mass is 412 g/mol. The van der Waals surface area contributed by atoms with Crippen LogP contribution >= 0.6 is 11.8 Å². The summed E-state index contributed by atoms with van der Waals surface area (Å²) in [6, 6.07) is 15.5. The highest BCUT2D eigenvalue weighted by Gasteiger charge is 2.22. The molecule has 2 heterocycles. The Morgan fingerprint density at radius 1 is 1.17 bits per heavy atom. The van der Waals surface area contributed by atoms with E-state index >= 15 is 0 Å². The number of thioether (sulfide) groups is 1. The fourth-order valence-electron chi connectivity index (χ4n) is 3.21. The van der Waals surface area contributed by atoms with Gasteiger partial charge in [0.2, 0.25) is 5.91 Å². The average Bonchev–Trinajstić information content (AvgIpc) is 3.38. The summed E-state index contributed by atoms with van der Waals surface area (Å²) in [5, 5.41) is 12.1. The minimum atomic E-state index is -0.300. The van der Waals surface area contributed by atoms with Crippen molar-refractivity contribution in [3.05, 3.63) is 60.4 Å². The van der Waals surface area contributed by atoms with Crippen molar-refractivity contribution in [2.75, 3.05) is 17.7 Å². The molecule has 3 aromatic rings. The van der Waals surface area contributed by atoms with E-state index in [9.17, 15) is 9.18 Å². The highest BCUT2D eigenvalue weighted by molar-refractivity contribution is 7.99. The molecule has 2 aromatic carbocycles. The fourth-order valence-corrected chi connectivity index (χ4v) is 3.96. The van der Waals surface area contributed by atoms with Crippen molar-refractivity contribution in [2.24, 2.45) is 0 Å². The van der Waals surface area contributed by atoms with Gasteiger partial charge in [-0.3, -0.25) is 9.36 Å². The SMILES string of the molecule is O=C(CSc1nnc(-c2ccc(F)cc2)n1C[C@@H]1CCCO1)Nc1ccccc1. The number of hydrogen-bond donors (Lipinski definition) is 1. The van der Waals surface area contributed by atoms with Crippen molar-refractivity contribution in [3.8, 4) is 11.4 Å². The number of ether oxygens (including phenoxy) is 1. The van der Waals surface area contributed by atoms with Gasteiger partial charge in [0.25, 0.3) is 0 Å². The Labute approximate surface area is 172 Å². The van der Waals surface area contributed by atoms with Crippen LogP contribution < -0.4 is 5.32 Å². The number of benzene rings is 2. The predicted octanol–water partition coefficient (Wildman–Crippen LogP) is 3.99. The van der Waals surface area contributed by atoms with Crippen LogP contribution in [0.5, 0.6) is 0 Å². The molecule has 1 aliphatic rings. The molecule has 1 saturated heterocycles. The van der Waals surface area contributed by atoms with E-state index in [1.54, 1.807) is 12.1 Å². The van der Waals surface area contributed by atoms with Crippen LogP contribution in [0.1, 0.15) is 12.8 Å². The summed E-state index contributed by atoms with van der Waals surface area (Å²) in [6.07, 6.45) is 2.09. The number of nitrogens with one attached hydrogen (secondary N) is 1. The zero-order valence-corrected chi connectivity index (χ0v) is 16.6. The van der Waals surface area contributed by atoms with E-state index in [4.69, 9.17) is 4.74 Å². The first-order chi connectivity index (χ1) is 14.2. The Morgan fingerprint density at radius 2 is 1.97 bits per heavy atom. The highest BCUT2D eigenvalue weighted by Crippen LogP contribution is 2.27. The Bertz CT molecular complexity index is 957. The number of halogens is 1. The lowest BCUT2D eigenvalue weighted by atomic mass is 10.2. The summed E-state index contributed by atoms with van der Waals surface area (Å²) in [7, 11) is 0. The first-order valence-electron chi connectivity index (χ1n) is 9.47. The molecule has 1 N–H and O–H groups in total. The molecule has 0 radical (unpaired) electrons. The normalized spacial score (nSPS) is 16.1. The standard InChI is InChI=1S/C21H21FN4O2S/c22-16-10-8-15(9-11-16)20-24-25-21(26(20)13-18-7-4-12-28-18)29-14-19(27)23-17-5-2-1-3-6-17/h1-3,5-6,8-11,18H,4,7,12-14H2,(H,23,27)/t18-/m0/s1. The van der Waals surface area contributed by atoms with E-state index in [0.717, 1.165) is 30.7 Å². The van der Waals surface area contributed by atoms with Crippen LogP contribution in [0.4, 0.5) is 10.1 Å². The lowest BCUT2D eigenvalue weighted by Crippen LogP contribution is -2.18. The summed E-state index contributed by atoms with van der Waals surface area (Å²) in [6.45, 7) is 1.35. The van der Waals surface area contributed by atoms with Gasteiger partial charge in [0.1, 0.15) is 5.82 Å². The van der Waals surface area contributed by atoms with E-state index in [-0.39, 0.29) is 23.6 Å². The van der Waals surface area contributed by atoms with Crippen LogP contribution in [-0.2, 0) is 16.1 Å². The van der Waals surface area contributed by atoms with Crippen molar-refractivity contribution >= 4 is 23.4 Å². The quantitative estimate of drug-likeness (QED) is 0.594. The second-order valence-corrected chi connectivity index (χ2v) is 7.70. The number of aromatic nitrogens is 3. The minimum Gasteiger partial charge on any atom is -0.376 e. The molecule has 0 bridgehead atoms. The molecule has 1 aromatic heterocycles. The molecule has 29 heavy (non-hydrogen) atoms. The number of carbonyl (C=O) groups is 1. The van der Waals surface area contributed by atoms with Crippen LogP contribution in [0.25, 0.3) is 11.4 Å². The molecule has 0 saturated carbocycles. The van der Waals surface area contributed by atoms with Gasteiger partial charge in [-0.05, 0) is 49.2 Å². The summed E-state index contributed by atoms with van der Waals surface area (Å²) in [5.41, 5.74) is 1.53. The topological polar surface area (TPSA) is 69.0 Å². The lowest BCUT2D eigenvalue weighted by molar-refractivity contribution is -0.113. The van der Waals surface area contributed by atoms with Gasteiger partial charge >= 0.3 is 0 Å². The molecular formula is C21H21FN4O2S. The third-order valence-electron chi connectivity index (χ3n) is 4.62. The van der Waals surface area contributed by atoms with E-state index < -0.39 is 0 Å². The minimum absolute atomic E-state index is 0.0858. The van der Waals surface area contributed by atoms with Crippen molar-refractivity contribution in [1.29, 1.82) is 0 Å². The Morgan fingerprint density at radius 3 is 2.69 bits per heavy atom. The number of anilines is 1. The Balaban J connectivity index is 1.50. The van der Waals surface area contributed by atoms with Gasteiger partial charge in [-0.2, -0.15) is 0 Å². The van der Waals surface area contributed by atoms with Crippen molar-refractivity contribution < 1.29 is 13.9 Å². The fraction of sp³-hybridized carbons (Fsp3) is 0.286. The van der Waals surface area contributed by atoms with Crippen molar-refractivity contribution in [3.63, 3.8) is 0 Å². The lowest BCUT2D eigenvalue weighted by Gasteiger charge is -2.14. The number of para-hydroxylation sites is 1.